The Morgan fingerprint density at radius 1 is 1.21 bits per heavy atom. The Labute approximate surface area is 201 Å². The van der Waals surface area contributed by atoms with E-state index in [-0.39, 0.29) is 21.5 Å². The van der Waals surface area contributed by atoms with Crippen molar-refractivity contribution in [2.45, 2.75) is 6.04 Å². The van der Waals surface area contributed by atoms with Crippen LogP contribution in [0.1, 0.15) is 17.2 Å². The largest absolute Gasteiger partial charge is 0.507 e. The van der Waals surface area contributed by atoms with Gasteiger partial charge in [0.25, 0.3) is 5.78 Å². The highest BCUT2D eigenvalue weighted by Crippen LogP contribution is 2.44. The lowest BCUT2D eigenvalue weighted by Gasteiger charge is -2.22. The molecule has 7 nitrogen and oxygen atoms in total. The number of pyridine rings is 1. The molecule has 10 heteroatoms. The third-order valence-corrected chi connectivity index (χ3v) is 6.72. The lowest BCUT2D eigenvalue weighted by atomic mass is 9.96. The Hall–Kier alpha value is -3.82. The molecular weight excluding hydrogens is 481 g/mol. The number of fused-ring (bicyclic) bond motifs is 1. The van der Waals surface area contributed by atoms with Crippen LogP contribution in [0.15, 0.2) is 66.5 Å². The quantitative estimate of drug-likeness (QED) is 0.240. The van der Waals surface area contributed by atoms with E-state index >= 15 is 0 Å². The maximum atomic E-state index is 14.0. The molecular formula is C24H15ClFN3O4S. The SMILES string of the molecule is COc1cccc(/C(O)=C2\C(=O)C(=O)N(c3nc4cc(Cl)c(F)cc4s3)C2c2cccnc2)c1. The van der Waals surface area contributed by atoms with Gasteiger partial charge in [-0.3, -0.25) is 19.5 Å². The van der Waals surface area contributed by atoms with Crippen molar-refractivity contribution in [1.82, 2.24) is 9.97 Å². The first kappa shape index (κ1) is 22.0. The maximum Gasteiger partial charge on any atom is 0.301 e. The minimum absolute atomic E-state index is 0.103. The molecule has 1 fully saturated rings. The number of benzene rings is 2. The van der Waals surface area contributed by atoms with E-state index < -0.39 is 23.5 Å². The van der Waals surface area contributed by atoms with Crippen LogP contribution >= 0.6 is 22.9 Å². The molecule has 5 rings (SSSR count). The van der Waals surface area contributed by atoms with E-state index in [4.69, 9.17) is 16.3 Å². The molecule has 1 N–H and O–H groups in total. The third kappa shape index (κ3) is 3.59. The molecule has 34 heavy (non-hydrogen) atoms. The van der Waals surface area contributed by atoms with E-state index in [1.54, 1.807) is 42.6 Å². The average Bonchev–Trinajstić information content (AvgIpc) is 3.37. The number of methoxy groups -OCH3 is 1. The summed E-state index contributed by atoms with van der Waals surface area (Å²) < 4.78 is 19.7. The standard InChI is InChI=1S/C24H15ClFN3O4S/c1-33-14-6-2-4-12(8-14)21(30)19-20(13-5-3-7-27-11-13)29(23(32)22(19)31)24-28-17-9-15(25)16(26)10-18(17)34-24/h2-11,20,30H,1H3/b21-19+. The lowest BCUT2D eigenvalue weighted by Crippen LogP contribution is -2.29. The summed E-state index contributed by atoms with van der Waals surface area (Å²) in [7, 11) is 1.48. The molecule has 1 aliphatic heterocycles. The molecule has 0 radical (unpaired) electrons. The highest BCUT2D eigenvalue weighted by atomic mass is 35.5. The summed E-state index contributed by atoms with van der Waals surface area (Å²) in [6, 6.07) is 11.5. The van der Waals surface area contributed by atoms with Crippen LogP contribution in [0.4, 0.5) is 9.52 Å². The summed E-state index contributed by atoms with van der Waals surface area (Å²) in [5, 5.41) is 11.2. The fourth-order valence-electron chi connectivity index (χ4n) is 3.82. The molecule has 1 atom stereocenters. The number of Topliss-reactive ketones (excluding diaryl/α,β-unsaturated/α-hetero) is 1. The molecule has 0 saturated carbocycles. The van der Waals surface area contributed by atoms with E-state index in [1.165, 1.54) is 30.3 Å². The third-order valence-electron chi connectivity index (χ3n) is 5.41. The number of ether oxygens (including phenoxy) is 1. The normalized spacial score (nSPS) is 17.5. The van der Waals surface area contributed by atoms with Crippen molar-refractivity contribution < 1.29 is 23.8 Å². The molecule has 0 bridgehead atoms. The topological polar surface area (TPSA) is 92.6 Å². The average molecular weight is 496 g/mol. The van der Waals surface area contributed by atoms with Crippen LogP contribution in [-0.2, 0) is 9.59 Å². The zero-order chi connectivity index (χ0) is 24.0. The molecule has 2 aromatic heterocycles. The Kier molecular flexibility index (Phi) is 5.51. The van der Waals surface area contributed by atoms with Gasteiger partial charge in [0.05, 0.1) is 34.0 Å². The van der Waals surface area contributed by atoms with Gasteiger partial charge in [-0.05, 0) is 35.9 Å². The van der Waals surface area contributed by atoms with E-state index in [0.29, 0.717) is 27.1 Å². The van der Waals surface area contributed by atoms with E-state index in [9.17, 15) is 19.1 Å². The minimum Gasteiger partial charge on any atom is -0.507 e. The second-order valence-electron chi connectivity index (χ2n) is 7.42. The van der Waals surface area contributed by atoms with Crippen molar-refractivity contribution in [3.05, 3.63) is 88.5 Å². The van der Waals surface area contributed by atoms with Gasteiger partial charge in [-0.15, -0.1) is 0 Å². The number of aromatic nitrogens is 2. The zero-order valence-corrected chi connectivity index (χ0v) is 19.1. The number of amides is 1. The molecule has 0 aliphatic carbocycles. The molecule has 2 aromatic carbocycles. The monoisotopic (exact) mass is 495 g/mol. The first-order valence-corrected chi connectivity index (χ1v) is 11.2. The van der Waals surface area contributed by atoms with Gasteiger partial charge in [0.15, 0.2) is 5.13 Å². The van der Waals surface area contributed by atoms with E-state index in [2.05, 4.69) is 9.97 Å². The predicted octanol–water partition coefficient (Wildman–Crippen LogP) is 5.12. The Morgan fingerprint density at radius 2 is 2.03 bits per heavy atom. The summed E-state index contributed by atoms with van der Waals surface area (Å²) in [5.74, 6) is -2.25. The van der Waals surface area contributed by atoms with Crippen LogP contribution in [0.5, 0.6) is 5.75 Å². The van der Waals surface area contributed by atoms with Gasteiger partial charge in [0.2, 0.25) is 0 Å². The fourth-order valence-corrected chi connectivity index (χ4v) is 4.98. The second kappa shape index (κ2) is 8.51. The van der Waals surface area contributed by atoms with Crippen molar-refractivity contribution in [2.75, 3.05) is 12.0 Å². The first-order valence-electron chi connectivity index (χ1n) is 10.00. The molecule has 3 heterocycles. The van der Waals surface area contributed by atoms with Gasteiger partial charge in [-0.25, -0.2) is 9.37 Å². The molecule has 1 saturated heterocycles. The number of rotatable bonds is 4. The zero-order valence-electron chi connectivity index (χ0n) is 17.5. The number of carbonyl (C=O) groups is 2. The van der Waals surface area contributed by atoms with Crippen molar-refractivity contribution in [3.8, 4) is 5.75 Å². The van der Waals surface area contributed by atoms with Gasteiger partial charge in [-0.2, -0.15) is 0 Å². The molecule has 170 valence electrons. The number of hydrogen-bond acceptors (Lipinski definition) is 7. The number of halogens is 2. The van der Waals surface area contributed by atoms with Crippen LogP contribution in [-0.4, -0.2) is 33.9 Å². The number of aliphatic hydroxyl groups excluding tert-OH is 1. The Bertz CT molecular complexity index is 1450. The van der Waals surface area contributed by atoms with Gasteiger partial charge >= 0.3 is 5.91 Å². The highest BCUT2D eigenvalue weighted by Gasteiger charge is 2.48. The van der Waals surface area contributed by atoms with Gasteiger partial charge in [-0.1, -0.05) is 41.1 Å². The summed E-state index contributed by atoms with van der Waals surface area (Å²) in [6.45, 7) is 0. The van der Waals surface area contributed by atoms with Crippen molar-refractivity contribution >= 4 is 55.7 Å². The first-order chi connectivity index (χ1) is 16.4. The number of ketones is 1. The van der Waals surface area contributed by atoms with Crippen LogP contribution in [0.2, 0.25) is 5.02 Å². The van der Waals surface area contributed by atoms with Crippen LogP contribution in [0, 0.1) is 5.82 Å². The van der Waals surface area contributed by atoms with Crippen molar-refractivity contribution in [1.29, 1.82) is 0 Å². The Balaban J connectivity index is 1.72. The number of anilines is 1. The number of nitrogens with zero attached hydrogens (tertiary/aromatic N) is 3. The van der Waals surface area contributed by atoms with E-state index in [0.717, 1.165) is 11.3 Å². The number of carbonyl (C=O) groups excluding carboxylic acids is 2. The molecule has 1 unspecified atom stereocenters. The molecule has 0 spiro atoms. The summed E-state index contributed by atoms with van der Waals surface area (Å²) in [6.07, 6.45) is 3.06. The van der Waals surface area contributed by atoms with Crippen LogP contribution in [0.3, 0.4) is 0 Å². The van der Waals surface area contributed by atoms with Gasteiger partial charge < -0.3 is 9.84 Å². The lowest BCUT2D eigenvalue weighted by molar-refractivity contribution is -0.132. The number of aliphatic hydroxyl groups is 1. The van der Waals surface area contributed by atoms with E-state index in [1.807, 2.05) is 0 Å². The summed E-state index contributed by atoms with van der Waals surface area (Å²) in [4.78, 5) is 36.2. The van der Waals surface area contributed by atoms with Crippen molar-refractivity contribution in [3.63, 3.8) is 0 Å². The van der Waals surface area contributed by atoms with Gasteiger partial charge in [0.1, 0.15) is 17.3 Å². The Morgan fingerprint density at radius 3 is 2.76 bits per heavy atom. The molecule has 1 aliphatic rings. The smallest absolute Gasteiger partial charge is 0.301 e. The summed E-state index contributed by atoms with van der Waals surface area (Å²) in [5.41, 5.74) is 1.07. The van der Waals surface area contributed by atoms with Crippen LogP contribution in [0.25, 0.3) is 16.0 Å². The predicted molar refractivity (Wildman–Crippen MR) is 127 cm³/mol. The number of hydrogen-bond donors (Lipinski definition) is 1. The number of thiazole rings is 1. The highest BCUT2D eigenvalue weighted by molar-refractivity contribution is 7.22. The molecule has 1 amide bonds. The van der Waals surface area contributed by atoms with Crippen LogP contribution < -0.4 is 9.64 Å². The summed E-state index contributed by atoms with van der Waals surface area (Å²) >= 11 is 6.92. The van der Waals surface area contributed by atoms with Crippen molar-refractivity contribution in [2.24, 2.45) is 0 Å². The maximum absolute atomic E-state index is 14.0. The fraction of sp³-hybridized carbons (Fsp3) is 0.0833. The van der Waals surface area contributed by atoms with Gasteiger partial charge in [0, 0.05) is 18.0 Å². The molecule has 4 aromatic rings. The second-order valence-corrected chi connectivity index (χ2v) is 8.83. The minimum atomic E-state index is -0.999.